The summed E-state index contributed by atoms with van der Waals surface area (Å²) in [5.41, 5.74) is 0.0961. The van der Waals surface area contributed by atoms with Gasteiger partial charge in [-0.15, -0.1) is 35.3 Å². The van der Waals surface area contributed by atoms with Gasteiger partial charge in [0.15, 0.2) is 5.96 Å². The van der Waals surface area contributed by atoms with Crippen LogP contribution in [0.4, 0.5) is 0 Å². The maximum absolute atomic E-state index is 11.6. The lowest BCUT2D eigenvalue weighted by atomic mass is 9.79. The third kappa shape index (κ3) is 4.60. The van der Waals surface area contributed by atoms with Gasteiger partial charge in [-0.05, 0) is 34.8 Å². The van der Waals surface area contributed by atoms with E-state index >= 15 is 0 Å². The molecule has 8 heteroatoms. The summed E-state index contributed by atoms with van der Waals surface area (Å²) >= 11 is 5.21. The molecule has 0 aromatic carbocycles. The van der Waals surface area contributed by atoms with Gasteiger partial charge in [-0.3, -0.25) is 9.79 Å². The van der Waals surface area contributed by atoms with Gasteiger partial charge in [0, 0.05) is 53.2 Å². The molecule has 1 spiro atoms. The Morgan fingerprint density at radius 1 is 1.61 bits per heavy atom. The number of thiophene rings is 1. The molecule has 1 atom stereocenters. The van der Waals surface area contributed by atoms with E-state index in [1.807, 2.05) is 7.05 Å². The topological polar surface area (TPSA) is 56.7 Å². The summed E-state index contributed by atoms with van der Waals surface area (Å²) in [5, 5.41) is 8.52. The van der Waals surface area contributed by atoms with Gasteiger partial charge in [-0.2, -0.15) is 0 Å². The quantitative estimate of drug-likeness (QED) is 0.364. The summed E-state index contributed by atoms with van der Waals surface area (Å²) in [6.07, 6.45) is 2.88. The second-order valence-corrected chi connectivity index (χ2v) is 8.02. The molecule has 2 aliphatic heterocycles. The molecule has 2 N–H and O–H groups in total. The molecule has 0 aliphatic carbocycles. The number of carbonyl (C=O) groups is 1. The van der Waals surface area contributed by atoms with E-state index < -0.39 is 0 Å². The van der Waals surface area contributed by atoms with Crippen LogP contribution in [0.5, 0.6) is 0 Å². The number of rotatable bonds is 2. The van der Waals surface area contributed by atoms with Crippen LogP contribution in [0, 0.1) is 5.41 Å². The molecule has 128 valence electrons. The number of amides is 1. The van der Waals surface area contributed by atoms with Crippen molar-refractivity contribution < 1.29 is 4.79 Å². The van der Waals surface area contributed by atoms with Crippen LogP contribution in [0.25, 0.3) is 0 Å². The highest BCUT2D eigenvalue weighted by Gasteiger charge is 2.42. The summed E-state index contributed by atoms with van der Waals surface area (Å²) in [5.74, 6) is 1.12. The Bertz CT molecular complexity index is 594. The predicted octanol–water partition coefficient (Wildman–Crippen LogP) is 2.81. The number of piperidine rings is 1. The van der Waals surface area contributed by atoms with Gasteiger partial charge < -0.3 is 15.5 Å². The molecular weight excluding hydrogens is 491 g/mol. The fraction of sp³-hybridized carbons (Fsp3) is 0.600. The number of guanidine groups is 1. The molecule has 3 heterocycles. The highest BCUT2D eigenvalue weighted by atomic mass is 127. The summed E-state index contributed by atoms with van der Waals surface area (Å²) in [6.45, 7) is 3.49. The van der Waals surface area contributed by atoms with Crippen LogP contribution in [0.1, 0.15) is 24.1 Å². The van der Waals surface area contributed by atoms with Gasteiger partial charge in [-0.25, -0.2) is 0 Å². The van der Waals surface area contributed by atoms with Crippen molar-refractivity contribution in [3.8, 4) is 0 Å². The maximum Gasteiger partial charge on any atom is 0.220 e. The van der Waals surface area contributed by atoms with Crippen molar-refractivity contribution in [1.29, 1.82) is 0 Å². The molecule has 0 saturated carbocycles. The number of aliphatic imine (C=N–C) groups is 1. The Hall–Kier alpha value is -0.350. The SMILES string of the molecule is CN=C(NCc1cc(Br)cs1)N1CCCC2(CNC(=O)C2)C1.I. The molecule has 1 aromatic heterocycles. The first kappa shape index (κ1) is 19.0. The zero-order valence-electron chi connectivity index (χ0n) is 13.1. The maximum atomic E-state index is 11.6. The molecule has 2 saturated heterocycles. The predicted molar refractivity (Wildman–Crippen MR) is 108 cm³/mol. The number of hydrogen-bond acceptors (Lipinski definition) is 3. The molecule has 0 bridgehead atoms. The Kier molecular flexibility index (Phi) is 6.73. The largest absolute Gasteiger partial charge is 0.355 e. The molecule has 5 nitrogen and oxygen atoms in total. The van der Waals surface area contributed by atoms with Crippen LogP contribution in [0.2, 0.25) is 0 Å². The number of hydrogen-bond donors (Lipinski definition) is 2. The fourth-order valence-electron chi connectivity index (χ4n) is 3.37. The molecule has 2 aliphatic rings. The molecule has 3 rings (SSSR count). The zero-order chi connectivity index (χ0) is 15.6. The molecule has 0 radical (unpaired) electrons. The third-order valence-electron chi connectivity index (χ3n) is 4.41. The molecular formula is C15H22BrIN4OS. The van der Waals surface area contributed by atoms with Crippen LogP contribution in [0.15, 0.2) is 20.9 Å². The van der Waals surface area contributed by atoms with Crippen molar-refractivity contribution in [2.75, 3.05) is 26.7 Å². The van der Waals surface area contributed by atoms with Crippen molar-refractivity contribution in [2.24, 2.45) is 10.4 Å². The Morgan fingerprint density at radius 2 is 2.43 bits per heavy atom. The number of carbonyl (C=O) groups excluding carboxylic acids is 1. The first-order valence-corrected chi connectivity index (χ1v) is 9.23. The van der Waals surface area contributed by atoms with Crippen molar-refractivity contribution in [2.45, 2.75) is 25.8 Å². The lowest BCUT2D eigenvalue weighted by Gasteiger charge is -2.40. The van der Waals surface area contributed by atoms with Crippen molar-refractivity contribution >= 4 is 63.1 Å². The summed E-state index contributed by atoms with van der Waals surface area (Å²) in [4.78, 5) is 19.6. The minimum Gasteiger partial charge on any atom is -0.355 e. The molecule has 1 aromatic rings. The number of nitrogens with one attached hydrogen (secondary N) is 2. The summed E-state index contributed by atoms with van der Waals surface area (Å²) in [6, 6.07) is 2.13. The van der Waals surface area contributed by atoms with E-state index in [2.05, 4.69) is 47.9 Å². The lowest BCUT2D eigenvalue weighted by Crippen LogP contribution is -2.51. The minimum absolute atomic E-state index is 0. The lowest BCUT2D eigenvalue weighted by molar-refractivity contribution is -0.119. The molecule has 23 heavy (non-hydrogen) atoms. The highest BCUT2D eigenvalue weighted by Crippen LogP contribution is 2.36. The standard InChI is InChI=1S/C15H21BrN4OS.HI/c1-17-14(18-7-12-5-11(16)8-22-12)20-4-2-3-15(10-20)6-13(21)19-9-15;/h5,8H,2-4,6-7,9-10H2,1H3,(H,17,18)(H,19,21);1H. The summed E-state index contributed by atoms with van der Waals surface area (Å²) in [7, 11) is 1.83. The van der Waals surface area contributed by atoms with Gasteiger partial charge in [0.25, 0.3) is 0 Å². The van der Waals surface area contributed by atoms with Gasteiger partial charge in [0.1, 0.15) is 0 Å². The second-order valence-electron chi connectivity index (χ2n) is 6.11. The van der Waals surface area contributed by atoms with Gasteiger partial charge in [0.05, 0.1) is 6.54 Å². The van der Waals surface area contributed by atoms with Crippen LogP contribution in [-0.2, 0) is 11.3 Å². The van der Waals surface area contributed by atoms with Crippen LogP contribution < -0.4 is 10.6 Å². The van der Waals surface area contributed by atoms with Crippen molar-refractivity contribution in [3.05, 3.63) is 20.8 Å². The zero-order valence-corrected chi connectivity index (χ0v) is 17.8. The molecule has 1 amide bonds. The average molecular weight is 513 g/mol. The fourth-order valence-corrected chi connectivity index (χ4v) is 4.76. The first-order valence-electron chi connectivity index (χ1n) is 7.55. The van der Waals surface area contributed by atoms with Gasteiger partial charge in [0.2, 0.25) is 5.91 Å². The van der Waals surface area contributed by atoms with Crippen LogP contribution in [0.3, 0.4) is 0 Å². The van der Waals surface area contributed by atoms with E-state index in [1.165, 1.54) is 4.88 Å². The Labute approximate surface area is 166 Å². The third-order valence-corrected chi connectivity index (χ3v) is 6.11. The summed E-state index contributed by atoms with van der Waals surface area (Å²) < 4.78 is 1.12. The molecule has 2 fully saturated rings. The minimum atomic E-state index is 0. The van der Waals surface area contributed by atoms with E-state index in [-0.39, 0.29) is 35.3 Å². The number of likely N-dealkylation sites (tertiary alicyclic amines) is 1. The van der Waals surface area contributed by atoms with Gasteiger partial charge in [-0.1, -0.05) is 0 Å². The van der Waals surface area contributed by atoms with E-state index in [0.717, 1.165) is 49.5 Å². The van der Waals surface area contributed by atoms with Gasteiger partial charge >= 0.3 is 0 Å². The first-order chi connectivity index (χ1) is 10.6. The number of nitrogens with zero attached hydrogens (tertiary/aromatic N) is 2. The van der Waals surface area contributed by atoms with Crippen molar-refractivity contribution in [1.82, 2.24) is 15.5 Å². The van der Waals surface area contributed by atoms with E-state index in [9.17, 15) is 4.79 Å². The van der Waals surface area contributed by atoms with Crippen LogP contribution in [-0.4, -0.2) is 43.4 Å². The average Bonchev–Trinajstić information content (AvgIpc) is 3.06. The highest BCUT2D eigenvalue weighted by molar-refractivity contribution is 14.0. The number of halogens is 2. The Morgan fingerprint density at radius 3 is 3.04 bits per heavy atom. The second kappa shape index (κ2) is 8.15. The van der Waals surface area contributed by atoms with E-state index in [1.54, 1.807) is 11.3 Å². The molecule has 1 unspecified atom stereocenters. The van der Waals surface area contributed by atoms with Crippen LogP contribution >= 0.6 is 51.2 Å². The Balaban J connectivity index is 0.00000192. The van der Waals surface area contributed by atoms with Crippen molar-refractivity contribution in [3.63, 3.8) is 0 Å². The van der Waals surface area contributed by atoms with E-state index in [0.29, 0.717) is 6.42 Å². The van der Waals surface area contributed by atoms with E-state index in [4.69, 9.17) is 0 Å². The smallest absolute Gasteiger partial charge is 0.220 e. The monoisotopic (exact) mass is 512 g/mol. The normalized spacial score (nSPS) is 24.5.